The fourth-order valence-corrected chi connectivity index (χ4v) is 1.68. The third-order valence-corrected chi connectivity index (χ3v) is 2.66. The van der Waals surface area contributed by atoms with Crippen LogP contribution in [0.2, 0.25) is 0 Å². The van der Waals surface area contributed by atoms with E-state index in [9.17, 15) is 14.4 Å². The summed E-state index contributed by atoms with van der Waals surface area (Å²) < 4.78 is 10.1. The van der Waals surface area contributed by atoms with Crippen LogP contribution in [0, 0.1) is 0 Å². The van der Waals surface area contributed by atoms with Crippen molar-refractivity contribution in [2.75, 3.05) is 0 Å². The van der Waals surface area contributed by atoms with Crippen LogP contribution in [-0.2, 0) is 30.5 Å². The largest absolute Gasteiger partial charge is 0.456 e. The van der Waals surface area contributed by atoms with E-state index in [-0.39, 0.29) is 6.61 Å². The van der Waals surface area contributed by atoms with Gasteiger partial charge in [0.05, 0.1) is 0 Å². The summed E-state index contributed by atoms with van der Waals surface area (Å²) in [5.41, 5.74) is 4.52. The van der Waals surface area contributed by atoms with Crippen molar-refractivity contribution in [3.05, 3.63) is 47.2 Å². The van der Waals surface area contributed by atoms with Crippen molar-refractivity contribution in [2.45, 2.75) is 39.9 Å². The minimum absolute atomic E-state index is 0.0140. The van der Waals surface area contributed by atoms with E-state index in [4.69, 9.17) is 15.2 Å². The lowest BCUT2D eigenvalue weighted by atomic mass is 10.1. The van der Waals surface area contributed by atoms with Crippen LogP contribution < -0.4 is 5.73 Å². The van der Waals surface area contributed by atoms with Crippen molar-refractivity contribution in [3.63, 3.8) is 0 Å². The van der Waals surface area contributed by atoms with Gasteiger partial charge in [-0.3, -0.25) is 4.79 Å². The zero-order valence-corrected chi connectivity index (χ0v) is 13.7. The van der Waals surface area contributed by atoms with Gasteiger partial charge in [-0.05, 0) is 33.3 Å². The highest BCUT2D eigenvalue weighted by Crippen LogP contribution is 2.14. The number of carbonyl (C=O) groups excluding carboxylic acids is 3. The fraction of sp³-hybridized carbons (Fsp3) is 0.353. The Balaban J connectivity index is 2.90. The number of rotatable bonds is 5. The Hall–Kier alpha value is -2.63. The van der Waals surface area contributed by atoms with Gasteiger partial charge in [0.1, 0.15) is 23.5 Å². The number of hydrogen-bond donors (Lipinski definition) is 1. The zero-order valence-electron chi connectivity index (χ0n) is 13.7. The first-order valence-corrected chi connectivity index (χ1v) is 7.07. The number of carbonyl (C=O) groups is 3. The molecule has 6 nitrogen and oxygen atoms in total. The SMILES string of the molecule is CC(=O)/C(C(=O)OC(C)(C)C)=C(/N)C(=O)OCc1ccccc1. The van der Waals surface area contributed by atoms with Gasteiger partial charge in [0, 0.05) is 0 Å². The summed E-state index contributed by atoms with van der Waals surface area (Å²) in [6, 6.07) is 8.96. The molecule has 2 N–H and O–H groups in total. The number of ether oxygens (including phenoxy) is 2. The van der Waals surface area contributed by atoms with Gasteiger partial charge in [0.25, 0.3) is 0 Å². The second kappa shape index (κ2) is 7.58. The second-order valence-electron chi connectivity index (χ2n) is 5.91. The number of Topliss-reactive ketones (excluding diaryl/α,β-unsaturated/α-hetero) is 1. The Morgan fingerprint density at radius 2 is 1.61 bits per heavy atom. The van der Waals surface area contributed by atoms with E-state index in [2.05, 4.69) is 0 Å². The normalized spacial score (nSPS) is 12.2. The van der Waals surface area contributed by atoms with Gasteiger partial charge in [-0.15, -0.1) is 0 Å². The van der Waals surface area contributed by atoms with Crippen LogP contribution in [0.25, 0.3) is 0 Å². The first-order chi connectivity index (χ1) is 10.6. The average molecular weight is 319 g/mol. The smallest absolute Gasteiger partial charge is 0.355 e. The molecule has 0 radical (unpaired) electrons. The summed E-state index contributed by atoms with van der Waals surface area (Å²) in [7, 11) is 0. The predicted octanol–water partition coefficient (Wildman–Crippen LogP) is 1.87. The van der Waals surface area contributed by atoms with Crippen LogP contribution in [-0.4, -0.2) is 23.3 Å². The topological polar surface area (TPSA) is 95.7 Å². The van der Waals surface area contributed by atoms with Crippen molar-refractivity contribution >= 4 is 17.7 Å². The highest BCUT2D eigenvalue weighted by atomic mass is 16.6. The van der Waals surface area contributed by atoms with E-state index < -0.39 is 34.6 Å². The highest BCUT2D eigenvalue weighted by molar-refractivity contribution is 6.20. The molecular weight excluding hydrogens is 298 g/mol. The van der Waals surface area contributed by atoms with Gasteiger partial charge in [-0.25, -0.2) is 9.59 Å². The summed E-state index contributed by atoms with van der Waals surface area (Å²) in [5, 5.41) is 0. The number of nitrogens with two attached hydrogens (primary N) is 1. The van der Waals surface area contributed by atoms with Crippen LogP contribution in [0.1, 0.15) is 33.3 Å². The zero-order chi connectivity index (χ0) is 17.6. The number of esters is 2. The maximum absolute atomic E-state index is 12.0. The molecule has 0 fully saturated rings. The van der Waals surface area contributed by atoms with Crippen LogP contribution in [0.15, 0.2) is 41.6 Å². The van der Waals surface area contributed by atoms with E-state index in [1.807, 2.05) is 6.07 Å². The maximum Gasteiger partial charge on any atom is 0.355 e. The molecule has 0 saturated heterocycles. The monoisotopic (exact) mass is 319 g/mol. The van der Waals surface area contributed by atoms with Gasteiger partial charge >= 0.3 is 11.9 Å². The van der Waals surface area contributed by atoms with Crippen LogP contribution >= 0.6 is 0 Å². The molecule has 0 aliphatic heterocycles. The van der Waals surface area contributed by atoms with E-state index in [0.29, 0.717) is 0 Å². The standard InChI is InChI=1S/C17H21NO5/c1-11(19)13(15(20)23-17(2,3)4)14(18)16(21)22-10-12-8-6-5-7-9-12/h5-9H,10,18H2,1-4H3/b14-13-. The molecular formula is C17H21NO5. The molecule has 0 bridgehead atoms. The van der Waals surface area contributed by atoms with E-state index in [1.165, 1.54) is 0 Å². The molecule has 1 rings (SSSR count). The lowest BCUT2D eigenvalue weighted by molar-refractivity contribution is -0.152. The molecule has 0 heterocycles. The molecule has 0 aliphatic carbocycles. The number of benzene rings is 1. The summed E-state index contributed by atoms with van der Waals surface area (Å²) in [6.07, 6.45) is 0. The summed E-state index contributed by atoms with van der Waals surface area (Å²) in [5.74, 6) is -2.54. The molecule has 0 spiro atoms. The molecule has 0 amide bonds. The molecule has 0 aromatic heterocycles. The minimum atomic E-state index is -0.945. The van der Waals surface area contributed by atoms with Gasteiger partial charge in [-0.2, -0.15) is 0 Å². The Bertz CT molecular complexity index is 626. The van der Waals surface area contributed by atoms with E-state index in [0.717, 1.165) is 12.5 Å². The number of hydrogen-bond acceptors (Lipinski definition) is 6. The van der Waals surface area contributed by atoms with Crippen molar-refractivity contribution in [1.29, 1.82) is 0 Å². The van der Waals surface area contributed by atoms with Gasteiger partial charge < -0.3 is 15.2 Å². The van der Waals surface area contributed by atoms with Gasteiger partial charge in [0.15, 0.2) is 5.78 Å². The molecule has 0 saturated carbocycles. The fourth-order valence-electron chi connectivity index (χ4n) is 1.68. The molecule has 0 unspecified atom stereocenters. The van der Waals surface area contributed by atoms with Crippen LogP contribution in [0.5, 0.6) is 0 Å². The third-order valence-electron chi connectivity index (χ3n) is 2.66. The van der Waals surface area contributed by atoms with Crippen molar-refractivity contribution in [1.82, 2.24) is 0 Å². The minimum Gasteiger partial charge on any atom is -0.456 e. The Morgan fingerprint density at radius 3 is 2.09 bits per heavy atom. The molecule has 1 aromatic carbocycles. The average Bonchev–Trinajstić information content (AvgIpc) is 2.43. The van der Waals surface area contributed by atoms with Crippen molar-refractivity contribution in [3.8, 4) is 0 Å². The van der Waals surface area contributed by atoms with Gasteiger partial charge in [0.2, 0.25) is 0 Å². The highest BCUT2D eigenvalue weighted by Gasteiger charge is 2.28. The predicted molar refractivity (Wildman–Crippen MR) is 84.0 cm³/mol. The molecule has 1 aromatic rings. The second-order valence-corrected chi connectivity index (χ2v) is 5.91. The lowest BCUT2D eigenvalue weighted by Crippen LogP contribution is -2.30. The molecule has 6 heteroatoms. The molecule has 23 heavy (non-hydrogen) atoms. The molecule has 124 valence electrons. The third kappa shape index (κ3) is 5.94. The molecule has 0 atom stereocenters. The first-order valence-electron chi connectivity index (χ1n) is 7.07. The molecule has 0 aliphatic rings. The van der Waals surface area contributed by atoms with Crippen LogP contribution in [0.3, 0.4) is 0 Å². The Morgan fingerprint density at radius 1 is 1.04 bits per heavy atom. The van der Waals surface area contributed by atoms with Crippen molar-refractivity contribution < 1.29 is 23.9 Å². The number of ketones is 1. The Labute approximate surface area is 135 Å². The Kier molecular flexibility index (Phi) is 6.07. The van der Waals surface area contributed by atoms with E-state index in [1.54, 1.807) is 45.0 Å². The first kappa shape index (κ1) is 18.4. The van der Waals surface area contributed by atoms with Crippen molar-refractivity contribution in [2.24, 2.45) is 5.73 Å². The summed E-state index contributed by atoms with van der Waals surface area (Å²) in [6.45, 7) is 6.06. The van der Waals surface area contributed by atoms with Gasteiger partial charge in [-0.1, -0.05) is 30.3 Å². The summed E-state index contributed by atoms with van der Waals surface area (Å²) in [4.78, 5) is 35.6. The van der Waals surface area contributed by atoms with Crippen LogP contribution in [0.4, 0.5) is 0 Å². The van der Waals surface area contributed by atoms with E-state index >= 15 is 0 Å². The quantitative estimate of drug-likeness (QED) is 0.385. The lowest BCUT2D eigenvalue weighted by Gasteiger charge is -2.20. The summed E-state index contributed by atoms with van der Waals surface area (Å²) >= 11 is 0. The maximum atomic E-state index is 12.0.